The Labute approximate surface area is 253 Å². The smallest absolute Gasteiger partial charge is 0.407 e. The third-order valence-electron chi connectivity index (χ3n) is 6.14. The number of hydrogen-bond donors (Lipinski definition) is 4. The first-order valence-corrected chi connectivity index (χ1v) is 14.0. The molecule has 0 spiro atoms. The number of benzene rings is 1. The van der Waals surface area contributed by atoms with Crippen LogP contribution in [0.25, 0.3) is 5.57 Å². The zero-order chi connectivity index (χ0) is 30.5. The maximum absolute atomic E-state index is 13.2. The summed E-state index contributed by atoms with van der Waals surface area (Å²) in [6.07, 6.45) is 3.38. The van der Waals surface area contributed by atoms with E-state index in [4.69, 9.17) is 41.8 Å². The van der Waals surface area contributed by atoms with Crippen LogP contribution in [0.1, 0.15) is 41.8 Å². The van der Waals surface area contributed by atoms with Crippen LogP contribution in [0.5, 0.6) is 0 Å². The summed E-state index contributed by atoms with van der Waals surface area (Å²) in [6, 6.07) is 5.18. The van der Waals surface area contributed by atoms with Gasteiger partial charge in [-0.25, -0.2) is 14.6 Å². The number of halogens is 2. The highest BCUT2D eigenvalue weighted by atomic mass is 35.5. The maximum Gasteiger partial charge on any atom is 0.407 e. The van der Waals surface area contributed by atoms with E-state index < -0.39 is 24.0 Å². The van der Waals surface area contributed by atoms with Gasteiger partial charge in [-0.1, -0.05) is 42.3 Å². The number of alkyl carbamates (subject to hydrolysis) is 1. The molecule has 0 fully saturated rings. The Morgan fingerprint density at radius 3 is 2.69 bits per heavy atom. The summed E-state index contributed by atoms with van der Waals surface area (Å²) in [4.78, 5) is 41.1. The monoisotopic (exact) mass is 624 g/mol. The molecule has 4 N–H and O–H groups in total. The fourth-order valence-corrected chi connectivity index (χ4v) is 4.54. The normalized spacial score (nSPS) is 15.6. The molecule has 1 aliphatic rings. The molecule has 2 amide bonds. The van der Waals surface area contributed by atoms with Crippen molar-refractivity contribution < 1.29 is 38.1 Å². The quantitative estimate of drug-likeness (QED) is 0.197. The molecular weight excluding hydrogens is 591 g/mol. The summed E-state index contributed by atoms with van der Waals surface area (Å²) in [6.45, 7) is 3.18. The van der Waals surface area contributed by atoms with Crippen LogP contribution < -0.4 is 16.0 Å². The average molecular weight is 626 g/mol. The van der Waals surface area contributed by atoms with Gasteiger partial charge in [0.15, 0.2) is 5.76 Å². The van der Waals surface area contributed by atoms with Gasteiger partial charge in [0, 0.05) is 29.3 Å². The highest BCUT2D eigenvalue weighted by Crippen LogP contribution is 2.38. The summed E-state index contributed by atoms with van der Waals surface area (Å²) < 4.78 is 21.0. The molecule has 228 valence electrons. The fourth-order valence-electron chi connectivity index (χ4n) is 3.98. The Morgan fingerprint density at radius 2 is 1.93 bits per heavy atom. The Kier molecular flexibility index (Phi) is 13.3. The van der Waals surface area contributed by atoms with Gasteiger partial charge in [0.1, 0.15) is 6.61 Å². The lowest BCUT2D eigenvalue weighted by Gasteiger charge is -2.19. The minimum Gasteiger partial charge on any atom is -0.478 e. The number of carbonyl (C=O) groups is 3. The van der Waals surface area contributed by atoms with E-state index in [2.05, 4.69) is 20.9 Å². The van der Waals surface area contributed by atoms with Gasteiger partial charge in [0.05, 0.1) is 49.9 Å². The van der Waals surface area contributed by atoms with Gasteiger partial charge in [-0.05, 0) is 37.0 Å². The summed E-state index contributed by atoms with van der Waals surface area (Å²) >= 11 is 12.7. The van der Waals surface area contributed by atoms with E-state index in [0.29, 0.717) is 41.0 Å². The predicted molar refractivity (Wildman–Crippen MR) is 156 cm³/mol. The second-order valence-corrected chi connectivity index (χ2v) is 10.2. The molecule has 12 nitrogen and oxygen atoms in total. The summed E-state index contributed by atoms with van der Waals surface area (Å²) in [5.41, 5.74) is 0.721. The molecule has 0 saturated heterocycles. The van der Waals surface area contributed by atoms with Crippen molar-refractivity contribution in [3.05, 3.63) is 63.8 Å². The van der Waals surface area contributed by atoms with E-state index in [1.165, 1.54) is 18.3 Å². The van der Waals surface area contributed by atoms with Crippen LogP contribution in [0, 0.1) is 5.92 Å². The van der Waals surface area contributed by atoms with Crippen molar-refractivity contribution in [3.8, 4) is 0 Å². The third kappa shape index (κ3) is 10.1. The topological polar surface area (TPSA) is 161 Å². The molecule has 0 saturated carbocycles. The molecule has 14 heteroatoms. The van der Waals surface area contributed by atoms with Crippen LogP contribution in [0.3, 0.4) is 0 Å². The van der Waals surface area contributed by atoms with Gasteiger partial charge in [-0.15, -0.1) is 0 Å². The molecule has 0 radical (unpaired) electrons. The van der Waals surface area contributed by atoms with Crippen molar-refractivity contribution in [2.45, 2.75) is 32.4 Å². The van der Waals surface area contributed by atoms with Crippen molar-refractivity contribution in [2.75, 3.05) is 45.4 Å². The zero-order valence-electron chi connectivity index (χ0n) is 23.3. The predicted octanol–water partition coefficient (Wildman–Crippen LogP) is 4.36. The number of nitrogens with one attached hydrogen (secondary N) is 3. The first kappa shape index (κ1) is 33.1. The van der Waals surface area contributed by atoms with Gasteiger partial charge in [0.25, 0.3) is 0 Å². The molecule has 2 unspecified atom stereocenters. The van der Waals surface area contributed by atoms with E-state index >= 15 is 0 Å². The summed E-state index contributed by atoms with van der Waals surface area (Å²) in [7, 11) is 1.56. The van der Waals surface area contributed by atoms with Crippen molar-refractivity contribution in [2.24, 2.45) is 5.92 Å². The lowest BCUT2D eigenvalue weighted by molar-refractivity contribution is -0.118. The van der Waals surface area contributed by atoms with Gasteiger partial charge in [-0.3, -0.25) is 10.1 Å². The summed E-state index contributed by atoms with van der Waals surface area (Å²) in [5, 5.41) is 19.0. The number of para-hydroxylation sites is 1. The highest BCUT2D eigenvalue weighted by Gasteiger charge is 2.24. The van der Waals surface area contributed by atoms with Gasteiger partial charge < -0.3 is 34.4 Å². The molecule has 3 rings (SSSR count). The van der Waals surface area contributed by atoms with Crippen LogP contribution >= 0.6 is 23.2 Å². The number of oxazole rings is 1. The van der Waals surface area contributed by atoms with Gasteiger partial charge >= 0.3 is 12.1 Å². The second kappa shape index (κ2) is 16.9. The van der Waals surface area contributed by atoms with Crippen molar-refractivity contribution in [1.82, 2.24) is 15.6 Å². The van der Waals surface area contributed by atoms with E-state index in [1.807, 2.05) is 6.92 Å². The SMILES string of the molecule is COCCOCCOC(=O)NCCC(NCc1ncc(C2=C(Cl)C(C)CC(Cl)=C2)o1)C(=O)Nc1ccccc1C(=O)O. The van der Waals surface area contributed by atoms with Crippen molar-refractivity contribution in [1.29, 1.82) is 0 Å². The molecule has 1 aromatic heterocycles. The number of amides is 2. The Balaban J connectivity index is 1.63. The molecule has 1 aliphatic carbocycles. The number of aromatic nitrogens is 1. The minimum absolute atomic E-state index is 0.0370. The second-order valence-electron chi connectivity index (χ2n) is 9.31. The van der Waals surface area contributed by atoms with Crippen molar-refractivity contribution in [3.63, 3.8) is 0 Å². The number of hydrogen-bond acceptors (Lipinski definition) is 9. The number of carboxylic acids is 1. The molecule has 2 aromatic rings. The highest BCUT2D eigenvalue weighted by molar-refractivity contribution is 6.35. The average Bonchev–Trinajstić information content (AvgIpc) is 3.43. The maximum atomic E-state index is 13.2. The van der Waals surface area contributed by atoms with Crippen LogP contribution in [-0.4, -0.2) is 74.2 Å². The number of carbonyl (C=O) groups excluding carboxylic acids is 2. The first-order chi connectivity index (χ1) is 20.2. The standard InChI is InChI=1S/C28H34Cl2N4O8/c1-17-13-18(29)14-20(25(17)30)23-15-33-24(42-23)16-32-22(7-8-31-28(38)41-12-11-40-10-9-39-2)26(35)34-21-6-4-3-5-19(21)27(36)37/h3-6,14-15,17,22,32H,7-13,16H2,1-2H3,(H,31,38)(H,34,35)(H,36,37). The van der Waals surface area contributed by atoms with Crippen LogP contribution in [0.4, 0.5) is 10.5 Å². The molecule has 1 heterocycles. The molecule has 0 aliphatic heterocycles. The Morgan fingerprint density at radius 1 is 1.17 bits per heavy atom. The van der Waals surface area contributed by atoms with E-state index in [9.17, 15) is 19.5 Å². The zero-order valence-corrected chi connectivity index (χ0v) is 24.8. The Bertz CT molecular complexity index is 1300. The lowest BCUT2D eigenvalue weighted by atomic mass is 9.96. The number of nitrogens with zero attached hydrogens (tertiary/aromatic N) is 1. The molecular formula is C28H34Cl2N4O8. The van der Waals surface area contributed by atoms with E-state index in [-0.39, 0.29) is 55.8 Å². The Hall–Kier alpha value is -3.42. The summed E-state index contributed by atoms with van der Waals surface area (Å²) in [5.74, 6) is -0.936. The molecule has 0 bridgehead atoms. The molecule has 2 atom stereocenters. The fraction of sp³-hybridized carbons (Fsp3) is 0.429. The number of aromatic carboxylic acids is 1. The first-order valence-electron chi connectivity index (χ1n) is 13.2. The third-order valence-corrected chi connectivity index (χ3v) is 6.98. The number of anilines is 1. The lowest BCUT2D eigenvalue weighted by Crippen LogP contribution is -2.43. The van der Waals surface area contributed by atoms with Crippen molar-refractivity contribution >= 4 is 52.4 Å². The van der Waals surface area contributed by atoms with E-state index in [0.717, 1.165) is 0 Å². The minimum atomic E-state index is -1.18. The number of ether oxygens (including phenoxy) is 3. The van der Waals surface area contributed by atoms with Gasteiger partial charge in [-0.2, -0.15) is 0 Å². The molecule has 1 aromatic carbocycles. The largest absolute Gasteiger partial charge is 0.478 e. The van der Waals surface area contributed by atoms with Crippen LogP contribution in [0.2, 0.25) is 0 Å². The number of allylic oxidation sites excluding steroid dienone is 4. The number of methoxy groups -OCH3 is 1. The van der Waals surface area contributed by atoms with Crippen LogP contribution in [-0.2, 0) is 25.5 Å². The van der Waals surface area contributed by atoms with Gasteiger partial charge in [0.2, 0.25) is 11.8 Å². The van der Waals surface area contributed by atoms with Crippen LogP contribution in [0.15, 0.2) is 51.0 Å². The number of carboxylic acid groups (broad SMARTS) is 1. The number of rotatable bonds is 16. The van der Waals surface area contributed by atoms with E-state index in [1.54, 1.807) is 25.3 Å². The molecule has 42 heavy (non-hydrogen) atoms.